The van der Waals surface area contributed by atoms with Gasteiger partial charge >= 0.3 is 0 Å². The van der Waals surface area contributed by atoms with Gasteiger partial charge in [0.05, 0.1) is 19.8 Å². The van der Waals surface area contributed by atoms with Crippen molar-refractivity contribution in [3.05, 3.63) is 12.3 Å². The largest absolute Gasteiger partial charge is 0.379 e. The van der Waals surface area contributed by atoms with Gasteiger partial charge < -0.3 is 10.1 Å². The molecule has 0 aliphatic carbocycles. The van der Waals surface area contributed by atoms with Gasteiger partial charge in [-0.15, -0.1) is 0 Å². The van der Waals surface area contributed by atoms with Crippen LogP contribution < -0.4 is 5.32 Å². The quantitative estimate of drug-likeness (QED) is 0.900. The van der Waals surface area contributed by atoms with Crippen LogP contribution in [0.2, 0.25) is 0 Å². The van der Waals surface area contributed by atoms with Crippen molar-refractivity contribution in [2.75, 3.05) is 38.2 Å². The van der Waals surface area contributed by atoms with E-state index in [1.54, 1.807) is 0 Å². The van der Waals surface area contributed by atoms with Crippen LogP contribution in [0.25, 0.3) is 0 Å². The molecule has 1 aliphatic heterocycles. The van der Waals surface area contributed by atoms with Crippen LogP contribution in [0, 0.1) is 5.41 Å². The first-order valence-electron chi connectivity index (χ1n) is 7.10. The van der Waals surface area contributed by atoms with E-state index < -0.39 is 5.41 Å². The Balaban J connectivity index is 1.81. The van der Waals surface area contributed by atoms with Crippen LogP contribution in [-0.2, 0) is 16.1 Å². The lowest BCUT2D eigenvalue weighted by Gasteiger charge is -2.26. The number of hydrogen-bond acceptors (Lipinski definition) is 4. The summed E-state index contributed by atoms with van der Waals surface area (Å²) in [5, 5.41) is 7.21. The van der Waals surface area contributed by atoms with Crippen molar-refractivity contribution in [3.63, 3.8) is 0 Å². The first kappa shape index (κ1) is 15.0. The number of aromatic nitrogens is 2. The lowest BCUT2D eigenvalue weighted by atomic mass is 9.96. The predicted octanol–water partition coefficient (Wildman–Crippen LogP) is 1.20. The third-order valence-electron chi connectivity index (χ3n) is 3.31. The summed E-state index contributed by atoms with van der Waals surface area (Å²) in [6.45, 7) is 11.0. The second kappa shape index (κ2) is 6.37. The van der Waals surface area contributed by atoms with E-state index in [2.05, 4.69) is 15.3 Å². The molecular weight excluding hydrogens is 256 g/mol. The molecule has 1 amide bonds. The van der Waals surface area contributed by atoms with Gasteiger partial charge in [0, 0.05) is 37.3 Å². The van der Waals surface area contributed by atoms with Crippen molar-refractivity contribution < 1.29 is 9.53 Å². The minimum Gasteiger partial charge on any atom is -0.379 e. The minimum atomic E-state index is -0.405. The third-order valence-corrected chi connectivity index (χ3v) is 3.31. The smallest absolute Gasteiger partial charge is 0.230 e. The van der Waals surface area contributed by atoms with E-state index in [1.807, 2.05) is 37.7 Å². The Morgan fingerprint density at radius 3 is 2.70 bits per heavy atom. The van der Waals surface area contributed by atoms with E-state index in [9.17, 15) is 4.79 Å². The van der Waals surface area contributed by atoms with Gasteiger partial charge in [0.2, 0.25) is 5.91 Å². The summed E-state index contributed by atoms with van der Waals surface area (Å²) in [6.07, 6.45) is 1.90. The van der Waals surface area contributed by atoms with Crippen LogP contribution in [0.4, 0.5) is 5.82 Å². The highest BCUT2D eigenvalue weighted by molar-refractivity contribution is 5.93. The van der Waals surface area contributed by atoms with Gasteiger partial charge in [0.25, 0.3) is 0 Å². The fourth-order valence-electron chi connectivity index (χ4n) is 1.93. The van der Waals surface area contributed by atoms with Gasteiger partial charge in [-0.25, -0.2) is 0 Å². The molecule has 1 N–H and O–H groups in total. The SMILES string of the molecule is CC(C)(C)C(=O)Nc1ccn(CCN2CCOCC2)n1. The zero-order valence-electron chi connectivity index (χ0n) is 12.6. The molecule has 1 aromatic rings. The molecule has 0 spiro atoms. The highest BCUT2D eigenvalue weighted by Gasteiger charge is 2.21. The van der Waals surface area contributed by atoms with E-state index >= 15 is 0 Å². The molecule has 20 heavy (non-hydrogen) atoms. The summed E-state index contributed by atoms with van der Waals surface area (Å²) in [4.78, 5) is 14.2. The van der Waals surface area contributed by atoms with E-state index in [0.29, 0.717) is 5.82 Å². The van der Waals surface area contributed by atoms with Crippen molar-refractivity contribution in [1.82, 2.24) is 14.7 Å². The molecule has 2 rings (SSSR count). The molecule has 6 heteroatoms. The second-order valence-electron chi connectivity index (χ2n) is 6.12. The lowest BCUT2D eigenvalue weighted by molar-refractivity contribution is -0.123. The summed E-state index contributed by atoms with van der Waals surface area (Å²) in [6, 6.07) is 1.84. The van der Waals surface area contributed by atoms with Gasteiger partial charge in [-0.1, -0.05) is 20.8 Å². The molecule has 0 radical (unpaired) electrons. The molecule has 1 aromatic heterocycles. The molecule has 1 fully saturated rings. The van der Waals surface area contributed by atoms with Gasteiger partial charge in [0.15, 0.2) is 5.82 Å². The van der Waals surface area contributed by atoms with Crippen molar-refractivity contribution >= 4 is 11.7 Å². The van der Waals surface area contributed by atoms with Crippen LogP contribution in [0.15, 0.2) is 12.3 Å². The number of anilines is 1. The van der Waals surface area contributed by atoms with Crippen molar-refractivity contribution in [2.45, 2.75) is 27.3 Å². The molecule has 6 nitrogen and oxygen atoms in total. The number of carbonyl (C=O) groups is 1. The summed E-state index contributed by atoms with van der Waals surface area (Å²) in [5.74, 6) is 0.600. The number of morpholine rings is 1. The van der Waals surface area contributed by atoms with Crippen molar-refractivity contribution in [3.8, 4) is 0 Å². The van der Waals surface area contributed by atoms with E-state index in [0.717, 1.165) is 39.4 Å². The highest BCUT2D eigenvalue weighted by Crippen LogP contribution is 2.16. The standard InChI is InChI=1S/C14H24N4O2/c1-14(2,3)13(19)15-12-4-5-18(16-12)7-6-17-8-10-20-11-9-17/h4-5H,6-11H2,1-3H3,(H,15,16,19). The molecule has 1 aliphatic rings. The number of hydrogen-bond donors (Lipinski definition) is 1. The van der Waals surface area contributed by atoms with Crippen molar-refractivity contribution in [1.29, 1.82) is 0 Å². The Morgan fingerprint density at radius 2 is 2.05 bits per heavy atom. The van der Waals surface area contributed by atoms with Crippen LogP contribution in [0.5, 0.6) is 0 Å². The number of ether oxygens (including phenoxy) is 1. The topological polar surface area (TPSA) is 59.4 Å². The summed E-state index contributed by atoms with van der Waals surface area (Å²) in [7, 11) is 0. The molecular formula is C14H24N4O2. The number of carbonyl (C=O) groups excluding carboxylic acids is 1. The normalized spacial score (nSPS) is 17.1. The van der Waals surface area contributed by atoms with Crippen molar-refractivity contribution in [2.24, 2.45) is 5.41 Å². The highest BCUT2D eigenvalue weighted by atomic mass is 16.5. The van der Waals surface area contributed by atoms with E-state index in [4.69, 9.17) is 4.74 Å². The number of nitrogens with one attached hydrogen (secondary N) is 1. The Bertz CT molecular complexity index is 444. The molecule has 0 atom stereocenters. The maximum absolute atomic E-state index is 11.9. The summed E-state index contributed by atoms with van der Waals surface area (Å²) in [5.41, 5.74) is -0.405. The first-order chi connectivity index (χ1) is 9.45. The van der Waals surface area contributed by atoms with Gasteiger partial charge in [0.1, 0.15) is 0 Å². The summed E-state index contributed by atoms with van der Waals surface area (Å²) >= 11 is 0. The third kappa shape index (κ3) is 4.31. The van der Waals surface area contributed by atoms with Crippen LogP contribution in [0.1, 0.15) is 20.8 Å². The maximum Gasteiger partial charge on any atom is 0.230 e. The molecule has 0 aromatic carbocycles. The predicted molar refractivity (Wildman–Crippen MR) is 77.6 cm³/mol. The Hall–Kier alpha value is -1.40. The first-order valence-corrected chi connectivity index (χ1v) is 7.10. The number of nitrogens with zero attached hydrogens (tertiary/aromatic N) is 3. The molecule has 112 valence electrons. The fraction of sp³-hybridized carbons (Fsp3) is 0.714. The van der Waals surface area contributed by atoms with Gasteiger partial charge in [-0.2, -0.15) is 5.10 Å². The van der Waals surface area contributed by atoms with Crippen LogP contribution in [-0.4, -0.2) is 53.4 Å². The van der Waals surface area contributed by atoms with Crippen LogP contribution >= 0.6 is 0 Å². The lowest BCUT2D eigenvalue weighted by Crippen LogP contribution is -2.38. The zero-order valence-corrected chi connectivity index (χ0v) is 12.6. The summed E-state index contributed by atoms with van der Waals surface area (Å²) < 4.78 is 7.19. The zero-order chi connectivity index (χ0) is 14.6. The van der Waals surface area contributed by atoms with Gasteiger partial charge in [-0.3, -0.25) is 14.4 Å². The molecule has 0 unspecified atom stereocenters. The monoisotopic (exact) mass is 280 g/mol. The Morgan fingerprint density at radius 1 is 1.35 bits per heavy atom. The Kier molecular flexibility index (Phi) is 4.77. The van der Waals surface area contributed by atoms with E-state index in [-0.39, 0.29) is 5.91 Å². The average molecular weight is 280 g/mol. The average Bonchev–Trinajstić information content (AvgIpc) is 2.84. The second-order valence-corrected chi connectivity index (χ2v) is 6.12. The molecule has 0 bridgehead atoms. The fourth-order valence-corrected chi connectivity index (χ4v) is 1.93. The molecule has 2 heterocycles. The molecule has 0 saturated carbocycles. The molecule has 1 saturated heterocycles. The maximum atomic E-state index is 11.9. The number of amides is 1. The van der Waals surface area contributed by atoms with Crippen LogP contribution in [0.3, 0.4) is 0 Å². The van der Waals surface area contributed by atoms with E-state index in [1.165, 1.54) is 0 Å². The number of rotatable bonds is 4. The Labute approximate surface area is 120 Å². The minimum absolute atomic E-state index is 0.0177. The van der Waals surface area contributed by atoms with Gasteiger partial charge in [-0.05, 0) is 0 Å².